The van der Waals surface area contributed by atoms with Gasteiger partial charge in [0.1, 0.15) is 11.0 Å². The molecule has 2 aliphatic heterocycles. The molecule has 5 heteroatoms. The molecule has 0 aliphatic carbocycles. The number of thiocarbonyl (C=S) groups is 1. The van der Waals surface area contributed by atoms with E-state index in [4.69, 9.17) is 17.0 Å². The van der Waals surface area contributed by atoms with Crippen molar-refractivity contribution >= 4 is 23.1 Å². The van der Waals surface area contributed by atoms with Gasteiger partial charge in [-0.2, -0.15) is 0 Å². The predicted octanol–water partition coefficient (Wildman–Crippen LogP) is 3.14. The molecule has 2 heterocycles. The Balaban J connectivity index is 1.60. The summed E-state index contributed by atoms with van der Waals surface area (Å²) in [5.74, 6) is 0.0865. The van der Waals surface area contributed by atoms with E-state index in [9.17, 15) is 4.79 Å². The second kappa shape index (κ2) is 6.58. The van der Waals surface area contributed by atoms with Crippen molar-refractivity contribution in [2.24, 2.45) is 0 Å². The van der Waals surface area contributed by atoms with E-state index in [0.29, 0.717) is 13.1 Å². The van der Waals surface area contributed by atoms with Crippen LogP contribution in [0, 0.1) is 0 Å². The summed E-state index contributed by atoms with van der Waals surface area (Å²) in [6.07, 6.45) is -0.481. The summed E-state index contributed by atoms with van der Waals surface area (Å²) >= 11 is 5.67. The lowest BCUT2D eigenvalue weighted by Crippen LogP contribution is -2.59. The standard InChI is InChI=1S/C20H20N2O2S/c1-14-18-19(23)21(12-15-8-4-2-5-9-15)13-17(25)22(18)20(24-14)16-10-6-3-7-11-16/h2-11,14,18,20H,12-13H2,1H3/t14-,18+,20+/m1/s1. The molecule has 2 aromatic rings. The van der Waals surface area contributed by atoms with Gasteiger partial charge in [-0.3, -0.25) is 4.79 Å². The van der Waals surface area contributed by atoms with Gasteiger partial charge in [0.25, 0.3) is 0 Å². The number of hydrogen-bond donors (Lipinski definition) is 0. The van der Waals surface area contributed by atoms with Gasteiger partial charge in [-0.25, -0.2) is 0 Å². The van der Waals surface area contributed by atoms with Gasteiger partial charge in [-0.1, -0.05) is 72.9 Å². The second-order valence-corrected chi connectivity index (χ2v) is 7.00. The number of carbonyl (C=O) groups excluding carboxylic acids is 1. The SMILES string of the molecule is C[C@H]1O[C@@H](c2ccccc2)N2C(=S)CN(Cc3ccccc3)C(=O)[C@H]12. The van der Waals surface area contributed by atoms with Gasteiger partial charge >= 0.3 is 0 Å². The molecule has 2 saturated heterocycles. The average molecular weight is 352 g/mol. The van der Waals surface area contributed by atoms with E-state index in [1.54, 1.807) is 0 Å². The van der Waals surface area contributed by atoms with E-state index in [0.717, 1.165) is 16.1 Å². The number of hydrogen-bond acceptors (Lipinski definition) is 3. The first kappa shape index (κ1) is 16.2. The number of piperazine rings is 1. The maximum Gasteiger partial charge on any atom is 0.248 e. The number of nitrogens with zero attached hydrogens (tertiary/aromatic N) is 2. The van der Waals surface area contributed by atoms with Crippen molar-refractivity contribution in [1.29, 1.82) is 0 Å². The molecule has 25 heavy (non-hydrogen) atoms. The lowest BCUT2D eigenvalue weighted by Gasteiger charge is -2.40. The van der Waals surface area contributed by atoms with Gasteiger partial charge in [0.05, 0.1) is 12.6 Å². The first-order valence-corrected chi connectivity index (χ1v) is 8.90. The Hall–Kier alpha value is -2.24. The number of rotatable bonds is 3. The van der Waals surface area contributed by atoms with E-state index in [2.05, 4.69) is 0 Å². The number of benzene rings is 2. The molecule has 0 saturated carbocycles. The number of ether oxygens (including phenoxy) is 1. The van der Waals surface area contributed by atoms with Gasteiger partial charge in [0.15, 0.2) is 6.23 Å². The minimum absolute atomic E-state index is 0.0865. The summed E-state index contributed by atoms with van der Waals surface area (Å²) in [5, 5.41) is 0. The molecule has 0 radical (unpaired) electrons. The number of amides is 1. The minimum atomic E-state index is -0.352. The largest absolute Gasteiger partial charge is 0.348 e. The zero-order chi connectivity index (χ0) is 17.4. The van der Waals surface area contributed by atoms with Crippen molar-refractivity contribution in [3.63, 3.8) is 0 Å². The minimum Gasteiger partial charge on any atom is -0.348 e. The van der Waals surface area contributed by atoms with Gasteiger partial charge in [0, 0.05) is 12.1 Å². The molecule has 1 amide bonds. The Bertz CT molecular complexity index is 781. The highest BCUT2D eigenvalue weighted by molar-refractivity contribution is 7.80. The van der Waals surface area contributed by atoms with Crippen molar-refractivity contribution < 1.29 is 9.53 Å². The van der Waals surface area contributed by atoms with E-state index >= 15 is 0 Å². The third-order valence-corrected chi connectivity index (χ3v) is 5.16. The van der Waals surface area contributed by atoms with Gasteiger partial charge in [-0.05, 0) is 12.5 Å². The highest BCUT2D eigenvalue weighted by Crippen LogP contribution is 2.38. The van der Waals surface area contributed by atoms with Crippen molar-refractivity contribution in [3.05, 3.63) is 71.8 Å². The van der Waals surface area contributed by atoms with Crippen LogP contribution in [0.1, 0.15) is 24.3 Å². The molecule has 128 valence electrons. The Morgan fingerprint density at radius 3 is 2.40 bits per heavy atom. The van der Waals surface area contributed by atoms with Crippen LogP contribution in [-0.2, 0) is 16.1 Å². The highest BCUT2D eigenvalue weighted by atomic mass is 32.1. The van der Waals surface area contributed by atoms with Crippen LogP contribution in [0.4, 0.5) is 0 Å². The molecule has 2 aromatic carbocycles. The lowest BCUT2D eigenvalue weighted by molar-refractivity contribution is -0.137. The Morgan fingerprint density at radius 1 is 1.08 bits per heavy atom. The van der Waals surface area contributed by atoms with Crippen molar-refractivity contribution in [3.8, 4) is 0 Å². The van der Waals surface area contributed by atoms with Crippen molar-refractivity contribution in [2.75, 3.05) is 6.54 Å². The smallest absolute Gasteiger partial charge is 0.248 e. The van der Waals surface area contributed by atoms with E-state index in [1.807, 2.05) is 77.4 Å². The van der Waals surface area contributed by atoms with Crippen LogP contribution >= 0.6 is 12.2 Å². The third-order valence-electron chi connectivity index (χ3n) is 4.82. The third kappa shape index (κ3) is 2.94. The maximum absolute atomic E-state index is 13.1. The van der Waals surface area contributed by atoms with Crippen LogP contribution in [0.2, 0.25) is 0 Å². The summed E-state index contributed by atoms with van der Waals surface area (Å²) in [4.78, 5) is 17.7. The molecule has 4 nitrogen and oxygen atoms in total. The molecular weight excluding hydrogens is 332 g/mol. The van der Waals surface area contributed by atoms with E-state index in [-0.39, 0.29) is 24.3 Å². The molecular formula is C20H20N2O2S. The van der Waals surface area contributed by atoms with Crippen LogP contribution in [0.15, 0.2) is 60.7 Å². The first-order valence-electron chi connectivity index (χ1n) is 8.49. The van der Waals surface area contributed by atoms with Crippen LogP contribution in [0.3, 0.4) is 0 Å². The van der Waals surface area contributed by atoms with E-state index < -0.39 is 0 Å². The molecule has 0 aromatic heterocycles. The molecule has 4 rings (SSSR count). The second-order valence-electron chi connectivity index (χ2n) is 6.53. The summed E-state index contributed by atoms with van der Waals surface area (Å²) in [6, 6.07) is 19.6. The molecule has 2 fully saturated rings. The summed E-state index contributed by atoms with van der Waals surface area (Å²) in [5.41, 5.74) is 2.14. The zero-order valence-corrected chi connectivity index (χ0v) is 14.9. The van der Waals surface area contributed by atoms with Crippen LogP contribution in [0.25, 0.3) is 0 Å². The molecule has 0 unspecified atom stereocenters. The Morgan fingerprint density at radius 2 is 1.72 bits per heavy atom. The summed E-state index contributed by atoms with van der Waals surface area (Å²) in [7, 11) is 0. The zero-order valence-electron chi connectivity index (χ0n) is 14.0. The van der Waals surface area contributed by atoms with Crippen LogP contribution < -0.4 is 0 Å². The normalized spacial score (nSPS) is 26.0. The number of fused-ring (bicyclic) bond motifs is 1. The van der Waals surface area contributed by atoms with Gasteiger partial charge in [-0.15, -0.1) is 0 Å². The van der Waals surface area contributed by atoms with E-state index in [1.165, 1.54) is 0 Å². The Kier molecular flexibility index (Phi) is 4.27. The van der Waals surface area contributed by atoms with Crippen LogP contribution in [-0.4, -0.2) is 39.4 Å². The maximum atomic E-state index is 13.1. The lowest BCUT2D eigenvalue weighted by atomic mass is 10.1. The fraction of sp³-hybridized carbons (Fsp3) is 0.300. The van der Waals surface area contributed by atoms with Gasteiger partial charge < -0.3 is 14.5 Å². The average Bonchev–Trinajstić information content (AvgIpc) is 2.99. The van der Waals surface area contributed by atoms with Crippen molar-refractivity contribution in [2.45, 2.75) is 31.8 Å². The van der Waals surface area contributed by atoms with Crippen molar-refractivity contribution in [1.82, 2.24) is 9.80 Å². The monoisotopic (exact) mass is 352 g/mol. The summed E-state index contributed by atoms with van der Waals surface area (Å²) in [6.45, 7) is 2.99. The molecule has 0 spiro atoms. The molecule has 2 aliphatic rings. The molecule has 0 N–H and O–H groups in total. The first-order chi connectivity index (χ1) is 12.1. The summed E-state index contributed by atoms with van der Waals surface area (Å²) < 4.78 is 6.12. The Labute approximate surface area is 153 Å². The van der Waals surface area contributed by atoms with Crippen LogP contribution in [0.5, 0.6) is 0 Å². The quantitative estimate of drug-likeness (QED) is 0.795. The predicted molar refractivity (Wildman–Crippen MR) is 99.8 cm³/mol. The number of carbonyl (C=O) groups is 1. The molecule has 3 atom stereocenters. The fourth-order valence-electron chi connectivity index (χ4n) is 3.63. The topological polar surface area (TPSA) is 32.8 Å². The molecule has 0 bridgehead atoms. The fourth-order valence-corrected chi connectivity index (χ4v) is 3.99. The highest BCUT2D eigenvalue weighted by Gasteiger charge is 2.50. The van der Waals surface area contributed by atoms with Gasteiger partial charge in [0.2, 0.25) is 5.91 Å².